The van der Waals surface area contributed by atoms with Crippen LogP contribution in [0.3, 0.4) is 0 Å². The number of piperidine rings is 2. The van der Waals surface area contributed by atoms with Crippen LogP contribution in [0.1, 0.15) is 40.0 Å². The zero-order valence-electron chi connectivity index (χ0n) is 12.3. The van der Waals surface area contributed by atoms with E-state index in [9.17, 15) is 8.42 Å². The molecule has 0 saturated carbocycles. The van der Waals surface area contributed by atoms with E-state index in [1.54, 1.807) is 8.61 Å². The first-order valence-electron chi connectivity index (χ1n) is 7.24. The predicted octanol–water partition coefficient (Wildman–Crippen LogP) is 1.02. The zero-order valence-corrected chi connectivity index (χ0v) is 13.1. The molecule has 0 radical (unpaired) electrons. The molecule has 0 aromatic carbocycles. The summed E-state index contributed by atoms with van der Waals surface area (Å²) in [5.41, 5.74) is 5.94. The van der Waals surface area contributed by atoms with Gasteiger partial charge in [0.05, 0.1) is 0 Å². The van der Waals surface area contributed by atoms with E-state index in [4.69, 9.17) is 5.73 Å². The van der Waals surface area contributed by atoms with Crippen LogP contribution in [0, 0.1) is 11.3 Å². The van der Waals surface area contributed by atoms with Crippen LogP contribution in [-0.4, -0.2) is 49.2 Å². The van der Waals surface area contributed by atoms with Crippen molar-refractivity contribution >= 4 is 10.2 Å². The molecule has 0 spiro atoms. The van der Waals surface area contributed by atoms with Gasteiger partial charge in [-0.2, -0.15) is 17.0 Å². The molecule has 2 saturated heterocycles. The first kappa shape index (κ1) is 15.2. The third kappa shape index (κ3) is 3.12. The van der Waals surface area contributed by atoms with E-state index in [0.29, 0.717) is 32.1 Å². The molecule has 2 atom stereocenters. The summed E-state index contributed by atoms with van der Waals surface area (Å²) in [7, 11) is -3.30. The highest BCUT2D eigenvalue weighted by Gasteiger charge is 2.41. The molecule has 2 unspecified atom stereocenters. The third-order valence-corrected chi connectivity index (χ3v) is 6.50. The van der Waals surface area contributed by atoms with E-state index in [0.717, 1.165) is 19.3 Å². The van der Waals surface area contributed by atoms with Crippen molar-refractivity contribution < 1.29 is 8.42 Å². The molecule has 2 aliphatic heterocycles. The normalized spacial score (nSPS) is 34.3. The van der Waals surface area contributed by atoms with Gasteiger partial charge < -0.3 is 5.73 Å². The van der Waals surface area contributed by atoms with Gasteiger partial charge in [0.1, 0.15) is 0 Å². The van der Waals surface area contributed by atoms with Gasteiger partial charge in [-0.1, -0.05) is 20.8 Å². The van der Waals surface area contributed by atoms with Gasteiger partial charge in [0.15, 0.2) is 0 Å². The molecule has 0 aromatic heterocycles. The summed E-state index contributed by atoms with van der Waals surface area (Å²) in [4.78, 5) is 0. The topological polar surface area (TPSA) is 66.6 Å². The highest BCUT2D eigenvalue weighted by molar-refractivity contribution is 7.86. The summed E-state index contributed by atoms with van der Waals surface area (Å²) >= 11 is 0. The minimum absolute atomic E-state index is 0.0826. The number of hydrogen-bond acceptors (Lipinski definition) is 3. The molecule has 0 aromatic rings. The lowest BCUT2D eigenvalue weighted by Gasteiger charge is -2.44. The molecule has 2 aliphatic rings. The van der Waals surface area contributed by atoms with E-state index in [1.807, 2.05) is 0 Å². The SMILES string of the molecule is CC1CCCN(S(=O)(=O)N2CCC(N)C(C)(C)C2)C1. The molecular weight excluding hydrogens is 262 g/mol. The Morgan fingerprint density at radius 1 is 1.16 bits per heavy atom. The molecule has 5 nitrogen and oxygen atoms in total. The van der Waals surface area contributed by atoms with E-state index in [1.165, 1.54) is 0 Å². The fraction of sp³-hybridized carbons (Fsp3) is 1.00. The molecule has 2 rings (SSSR count). The second-order valence-corrected chi connectivity index (χ2v) is 8.76. The Morgan fingerprint density at radius 2 is 1.84 bits per heavy atom. The number of hydrogen-bond donors (Lipinski definition) is 1. The maximum Gasteiger partial charge on any atom is 0.282 e. The average Bonchev–Trinajstić information content (AvgIpc) is 2.32. The first-order chi connectivity index (χ1) is 8.73. The van der Waals surface area contributed by atoms with Crippen LogP contribution in [-0.2, 0) is 10.2 Å². The monoisotopic (exact) mass is 289 g/mol. The third-order valence-electron chi connectivity index (χ3n) is 4.55. The summed E-state index contributed by atoms with van der Waals surface area (Å²) in [5.74, 6) is 0.462. The lowest BCUT2D eigenvalue weighted by Crippen LogP contribution is -2.57. The van der Waals surface area contributed by atoms with Gasteiger partial charge in [-0.25, -0.2) is 0 Å². The lowest BCUT2D eigenvalue weighted by molar-refractivity contribution is 0.144. The zero-order chi connectivity index (χ0) is 14.3. The van der Waals surface area contributed by atoms with Crippen molar-refractivity contribution in [2.24, 2.45) is 17.1 Å². The summed E-state index contributed by atoms with van der Waals surface area (Å²) in [6.45, 7) is 8.63. The van der Waals surface area contributed by atoms with Crippen LogP contribution in [0.4, 0.5) is 0 Å². The first-order valence-corrected chi connectivity index (χ1v) is 8.64. The molecule has 2 N–H and O–H groups in total. The maximum absolute atomic E-state index is 12.7. The van der Waals surface area contributed by atoms with E-state index in [2.05, 4.69) is 20.8 Å². The highest BCUT2D eigenvalue weighted by atomic mass is 32.2. The van der Waals surface area contributed by atoms with Crippen molar-refractivity contribution in [3.63, 3.8) is 0 Å². The van der Waals surface area contributed by atoms with Crippen molar-refractivity contribution in [3.8, 4) is 0 Å². The van der Waals surface area contributed by atoms with Crippen molar-refractivity contribution in [2.75, 3.05) is 26.2 Å². The van der Waals surface area contributed by atoms with Gasteiger partial charge in [0.2, 0.25) is 0 Å². The van der Waals surface area contributed by atoms with Crippen molar-refractivity contribution in [3.05, 3.63) is 0 Å². The Balaban J connectivity index is 2.11. The van der Waals surface area contributed by atoms with Crippen LogP contribution >= 0.6 is 0 Å². The predicted molar refractivity (Wildman–Crippen MR) is 76.8 cm³/mol. The Bertz CT molecular complexity index is 422. The van der Waals surface area contributed by atoms with Crippen LogP contribution in [0.25, 0.3) is 0 Å². The summed E-state index contributed by atoms with van der Waals surface area (Å²) in [6.07, 6.45) is 2.84. The van der Waals surface area contributed by atoms with Gasteiger partial charge in [0, 0.05) is 32.2 Å². The van der Waals surface area contributed by atoms with Gasteiger partial charge in [0.25, 0.3) is 10.2 Å². The highest BCUT2D eigenvalue weighted by Crippen LogP contribution is 2.31. The molecule has 19 heavy (non-hydrogen) atoms. The summed E-state index contributed by atoms with van der Waals surface area (Å²) in [5, 5.41) is 0. The average molecular weight is 289 g/mol. The standard InChI is InChI=1S/C13H27N3O2S/c1-11-5-4-7-15(9-11)19(17,18)16-8-6-12(14)13(2,3)10-16/h11-12H,4-10,14H2,1-3H3. The Labute approximate surface area is 117 Å². The van der Waals surface area contributed by atoms with Gasteiger partial charge >= 0.3 is 0 Å². The Hall–Kier alpha value is -0.170. The summed E-state index contributed by atoms with van der Waals surface area (Å²) in [6, 6.07) is 0.0826. The lowest BCUT2D eigenvalue weighted by atomic mass is 9.81. The molecular formula is C13H27N3O2S. The van der Waals surface area contributed by atoms with E-state index < -0.39 is 10.2 Å². The van der Waals surface area contributed by atoms with Crippen molar-refractivity contribution in [1.82, 2.24) is 8.61 Å². The van der Waals surface area contributed by atoms with Crippen molar-refractivity contribution in [1.29, 1.82) is 0 Å². The van der Waals surface area contributed by atoms with Gasteiger partial charge in [-0.05, 0) is 30.6 Å². The van der Waals surface area contributed by atoms with Crippen molar-refractivity contribution in [2.45, 2.75) is 46.1 Å². The second kappa shape index (κ2) is 5.31. The molecule has 2 fully saturated rings. The molecule has 0 amide bonds. The molecule has 0 bridgehead atoms. The van der Waals surface area contributed by atoms with Gasteiger partial charge in [-0.15, -0.1) is 0 Å². The second-order valence-electron chi connectivity index (χ2n) is 6.83. The molecule has 6 heteroatoms. The Kier molecular flexibility index (Phi) is 4.26. The smallest absolute Gasteiger partial charge is 0.282 e. The minimum Gasteiger partial charge on any atom is -0.327 e. The van der Waals surface area contributed by atoms with E-state index in [-0.39, 0.29) is 11.5 Å². The van der Waals surface area contributed by atoms with E-state index >= 15 is 0 Å². The Morgan fingerprint density at radius 3 is 2.42 bits per heavy atom. The molecule has 2 heterocycles. The fourth-order valence-electron chi connectivity index (χ4n) is 3.04. The fourth-order valence-corrected chi connectivity index (χ4v) is 5.00. The van der Waals surface area contributed by atoms with Crippen LogP contribution in [0.15, 0.2) is 0 Å². The molecule has 112 valence electrons. The number of nitrogens with zero attached hydrogens (tertiary/aromatic N) is 2. The molecule has 0 aliphatic carbocycles. The number of nitrogens with two attached hydrogens (primary N) is 1. The largest absolute Gasteiger partial charge is 0.327 e. The minimum atomic E-state index is -3.30. The van der Waals surface area contributed by atoms with Crippen LogP contribution in [0.5, 0.6) is 0 Å². The van der Waals surface area contributed by atoms with Crippen LogP contribution < -0.4 is 5.73 Å². The maximum atomic E-state index is 12.7. The van der Waals surface area contributed by atoms with Crippen LogP contribution in [0.2, 0.25) is 0 Å². The summed E-state index contributed by atoms with van der Waals surface area (Å²) < 4.78 is 28.7. The quantitative estimate of drug-likeness (QED) is 0.825. The number of rotatable bonds is 2. The van der Waals surface area contributed by atoms with Gasteiger partial charge in [-0.3, -0.25) is 0 Å².